The molecule has 4 rings (SSSR count). The molecule has 1 aliphatic heterocycles. The van der Waals surface area contributed by atoms with Gasteiger partial charge in [0.1, 0.15) is 34.9 Å². The molecule has 0 bridgehead atoms. The number of hydrogen-bond donors (Lipinski definition) is 5. The number of carboxylic acid groups (broad SMARTS) is 1. The number of aliphatic carboxylic acids is 1. The van der Waals surface area contributed by atoms with Crippen LogP contribution in [0.2, 0.25) is 0 Å². The first-order chi connectivity index (χ1) is 15.4. The molecule has 0 spiro atoms. The maximum Gasteiger partial charge on any atom is 0.325 e. The van der Waals surface area contributed by atoms with Crippen LogP contribution in [0.25, 0.3) is 11.2 Å². The first-order valence-electron chi connectivity index (χ1n) is 9.92. The number of aliphatic hydroxyl groups is 3. The molecular formula is C20H23N5O6S. The average molecular weight is 462 g/mol. The molecule has 0 aliphatic carbocycles. The van der Waals surface area contributed by atoms with E-state index in [1.165, 1.54) is 29.6 Å². The topological polar surface area (TPSA) is 163 Å². The van der Waals surface area contributed by atoms with Crippen LogP contribution in [0.4, 0.5) is 5.95 Å². The van der Waals surface area contributed by atoms with Gasteiger partial charge >= 0.3 is 5.97 Å². The fourth-order valence-electron chi connectivity index (χ4n) is 3.33. The quantitative estimate of drug-likeness (QED) is 0.236. The van der Waals surface area contributed by atoms with Gasteiger partial charge in [-0.25, -0.2) is 9.97 Å². The predicted octanol–water partition coefficient (Wildman–Crippen LogP) is 0.615. The second kappa shape index (κ2) is 9.38. The van der Waals surface area contributed by atoms with Crippen LogP contribution in [0.1, 0.15) is 18.7 Å². The normalized spacial score (nSPS) is 24.0. The van der Waals surface area contributed by atoms with Crippen molar-refractivity contribution >= 4 is 34.8 Å². The Balaban J connectivity index is 1.72. The lowest BCUT2D eigenvalue weighted by molar-refractivity contribution is -0.137. The van der Waals surface area contributed by atoms with Crippen LogP contribution in [-0.4, -0.2) is 76.9 Å². The molecule has 1 fully saturated rings. The average Bonchev–Trinajstić information content (AvgIpc) is 3.33. The van der Waals surface area contributed by atoms with Crippen molar-refractivity contribution in [1.82, 2.24) is 19.5 Å². The maximum atomic E-state index is 11.3. The standard InChI is InChI=1S/C20H23N5O6S/c1-10(19(29)30)22-20-23-16-13(17(24-20)32-8-11-5-3-2-4-6-11)21-9-25(16)18-15(28)14(27)12(7-26)31-18/h2-6,9-10,12,14-15,18,26-28H,7-8H2,1H3,(H,29,30)(H,22,23,24). The zero-order valence-electron chi connectivity index (χ0n) is 17.1. The van der Waals surface area contributed by atoms with E-state index in [9.17, 15) is 25.2 Å². The van der Waals surface area contributed by atoms with Gasteiger partial charge in [0.2, 0.25) is 5.95 Å². The number of rotatable bonds is 8. The lowest BCUT2D eigenvalue weighted by atomic mass is 10.1. The van der Waals surface area contributed by atoms with E-state index in [0.717, 1.165) is 5.56 Å². The van der Waals surface area contributed by atoms with E-state index in [0.29, 0.717) is 21.9 Å². The van der Waals surface area contributed by atoms with Gasteiger partial charge in [-0.15, -0.1) is 0 Å². The number of nitrogens with one attached hydrogen (secondary N) is 1. The molecule has 5 N–H and O–H groups in total. The Morgan fingerprint density at radius 3 is 2.66 bits per heavy atom. The minimum Gasteiger partial charge on any atom is -0.480 e. The number of carbonyl (C=O) groups is 1. The summed E-state index contributed by atoms with van der Waals surface area (Å²) in [6.07, 6.45) is -3.16. The number of thioether (sulfide) groups is 1. The molecule has 1 saturated heterocycles. The summed E-state index contributed by atoms with van der Waals surface area (Å²) in [5.74, 6) is -0.387. The highest BCUT2D eigenvalue weighted by molar-refractivity contribution is 7.98. The molecule has 2 aromatic heterocycles. The minimum atomic E-state index is -1.31. The number of carboxylic acids is 1. The van der Waals surface area contributed by atoms with Crippen molar-refractivity contribution in [2.24, 2.45) is 0 Å². The van der Waals surface area contributed by atoms with E-state index >= 15 is 0 Å². The first kappa shape index (κ1) is 22.4. The fraction of sp³-hybridized carbons (Fsp3) is 0.400. The molecule has 3 aromatic rings. The van der Waals surface area contributed by atoms with E-state index < -0.39 is 43.2 Å². The van der Waals surface area contributed by atoms with Crippen molar-refractivity contribution in [3.63, 3.8) is 0 Å². The summed E-state index contributed by atoms with van der Waals surface area (Å²) < 4.78 is 7.06. The summed E-state index contributed by atoms with van der Waals surface area (Å²) >= 11 is 1.41. The number of ether oxygens (including phenoxy) is 1. The largest absolute Gasteiger partial charge is 0.480 e. The predicted molar refractivity (Wildman–Crippen MR) is 115 cm³/mol. The third-order valence-corrected chi connectivity index (χ3v) is 6.15. The Morgan fingerprint density at radius 1 is 1.25 bits per heavy atom. The summed E-state index contributed by atoms with van der Waals surface area (Å²) in [6, 6.07) is 8.82. The van der Waals surface area contributed by atoms with Crippen molar-refractivity contribution in [2.45, 2.75) is 48.3 Å². The molecule has 5 atom stereocenters. The number of hydrogen-bond acceptors (Lipinski definition) is 10. The molecule has 0 radical (unpaired) electrons. The van der Waals surface area contributed by atoms with Crippen LogP contribution in [0.3, 0.4) is 0 Å². The zero-order valence-corrected chi connectivity index (χ0v) is 17.9. The fourth-order valence-corrected chi connectivity index (χ4v) is 4.26. The lowest BCUT2D eigenvalue weighted by Crippen LogP contribution is -2.33. The molecule has 0 amide bonds. The summed E-state index contributed by atoms with van der Waals surface area (Å²) in [6.45, 7) is 1.01. The lowest BCUT2D eigenvalue weighted by Gasteiger charge is -2.17. The highest BCUT2D eigenvalue weighted by atomic mass is 32.2. The van der Waals surface area contributed by atoms with Crippen molar-refractivity contribution in [2.75, 3.05) is 11.9 Å². The SMILES string of the molecule is CC(Nc1nc(SCc2ccccc2)c2ncn(C3OC(CO)C(O)C3O)c2n1)C(=O)O. The van der Waals surface area contributed by atoms with Gasteiger partial charge in [0.25, 0.3) is 0 Å². The van der Waals surface area contributed by atoms with Crippen molar-refractivity contribution in [3.05, 3.63) is 42.2 Å². The van der Waals surface area contributed by atoms with Crippen LogP contribution in [0.15, 0.2) is 41.7 Å². The second-order valence-electron chi connectivity index (χ2n) is 7.38. The highest BCUT2D eigenvalue weighted by Crippen LogP contribution is 2.34. The maximum absolute atomic E-state index is 11.3. The number of fused-ring (bicyclic) bond motifs is 1. The number of benzene rings is 1. The summed E-state index contributed by atoms with van der Waals surface area (Å²) in [4.78, 5) is 24.5. The number of nitrogens with zero attached hydrogens (tertiary/aromatic N) is 4. The summed E-state index contributed by atoms with van der Waals surface area (Å²) in [5.41, 5.74) is 1.81. The van der Waals surface area contributed by atoms with Crippen molar-refractivity contribution in [1.29, 1.82) is 0 Å². The Bertz CT molecular complexity index is 1100. The Morgan fingerprint density at radius 2 is 2.00 bits per heavy atom. The molecule has 11 nitrogen and oxygen atoms in total. The van der Waals surface area contributed by atoms with Crippen LogP contribution < -0.4 is 5.32 Å². The number of imidazole rings is 1. The monoisotopic (exact) mass is 461 g/mol. The van der Waals surface area contributed by atoms with Gasteiger partial charge in [-0.05, 0) is 12.5 Å². The van der Waals surface area contributed by atoms with E-state index in [1.807, 2.05) is 30.3 Å². The van der Waals surface area contributed by atoms with Gasteiger partial charge in [-0.2, -0.15) is 4.98 Å². The Labute approximate surface area is 187 Å². The number of anilines is 1. The van der Waals surface area contributed by atoms with E-state index in [-0.39, 0.29) is 5.95 Å². The van der Waals surface area contributed by atoms with Crippen LogP contribution in [-0.2, 0) is 15.3 Å². The molecule has 5 unspecified atom stereocenters. The summed E-state index contributed by atoms with van der Waals surface area (Å²) in [7, 11) is 0. The molecular weight excluding hydrogens is 438 g/mol. The van der Waals surface area contributed by atoms with Crippen LogP contribution in [0.5, 0.6) is 0 Å². The van der Waals surface area contributed by atoms with Gasteiger partial charge in [0.05, 0.1) is 12.9 Å². The number of aliphatic hydroxyl groups excluding tert-OH is 3. The highest BCUT2D eigenvalue weighted by Gasteiger charge is 2.44. The molecule has 0 saturated carbocycles. The zero-order chi connectivity index (χ0) is 22.8. The smallest absolute Gasteiger partial charge is 0.325 e. The van der Waals surface area contributed by atoms with Gasteiger partial charge in [-0.3, -0.25) is 9.36 Å². The molecule has 1 aromatic carbocycles. The van der Waals surface area contributed by atoms with Gasteiger partial charge in [0, 0.05) is 5.75 Å². The van der Waals surface area contributed by atoms with E-state index in [1.54, 1.807) is 0 Å². The van der Waals surface area contributed by atoms with E-state index in [4.69, 9.17) is 4.74 Å². The molecule has 170 valence electrons. The van der Waals surface area contributed by atoms with E-state index in [2.05, 4.69) is 20.3 Å². The molecule has 3 heterocycles. The Hall–Kier alpha value is -2.77. The third kappa shape index (κ3) is 4.40. The number of aromatic nitrogens is 4. The van der Waals surface area contributed by atoms with Crippen LogP contribution >= 0.6 is 11.8 Å². The Kier molecular flexibility index (Phi) is 6.58. The third-order valence-electron chi connectivity index (χ3n) is 5.12. The molecule has 1 aliphatic rings. The van der Waals surface area contributed by atoms with Gasteiger partial charge in [-0.1, -0.05) is 42.1 Å². The molecule has 32 heavy (non-hydrogen) atoms. The van der Waals surface area contributed by atoms with Crippen LogP contribution in [0, 0.1) is 0 Å². The minimum absolute atomic E-state index is 0.0801. The van der Waals surface area contributed by atoms with Gasteiger partial charge in [0.15, 0.2) is 11.9 Å². The van der Waals surface area contributed by atoms with Crippen molar-refractivity contribution < 1.29 is 30.0 Å². The second-order valence-corrected chi connectivity index (χ2v) is 8.35. The molecule has 12 heteroatoms. The summed E-state index contributed by atoms with van der Waals surface area (Å²) in [5, 5.41) is 42.4. The van der Waals surface area contributed by atoms with Crippen molar-refractivity contribution in [3.8, 4) is 0 Å². The van der Waals surface area contributed by atoms with Gasteiger partial charge < -0.3 is 30.5 Å². The first-order valence-corrected chi connectivity index (χ1v) is 10.9.